The number of rotatable bonds is 28. The van der Waals surface area contributed by atoms with E-state index in [4.69, 9.17) is 24.7 Å². The van der Waals surface area contributed by atoms with E-state index in [-0.39, 0.29) is 42.7 Å². The number of allylic oxidation sites excluding steroid dienone is 2. The van der Waals surface area contributed by atoms with Crippen LogP contribution >= 0.6 is 0 Å². The molecule has 1 aliphatic heterocycles. The number of methoxy groups -OCH3 is 3. The molecule has 4 atom stereocenters. The highest BCUT2D eigenvalue weighted by atomic mass is 16.5. The molecule has 0 bridgehead atoms. The Balaban J connectivity index is 1.43. The lowest BCUT2D eigenvalue weighted by atomic mass is 10.1. The molecular formula is C44H60N6O12. The van der Waals surface area contributed by atoms with Crippen molar-refractivity contribution in [2.75, 3.05) is 54.1 Å². The maximum absolute atomic E-state index is 13.0. The van der Waals surface area contributed by atoms with Crippen LogP contribution < -0.4 is 51.3 Å². The lowest BCUT2D eigenvalue weighted by molar-refractivity contribution is -0.142. The van der Waals surface area contributed by atoms with E-state index in [2.05, 4.69) is 26.6 Å². The SMILES string of the molecule is COc1ccc(/C=C/C(=O)CC(=O)/C=C/c2ccc(OCC(=O)N[C@@H](CCCCNC(=O)[C@H](CCCCN)NC(=O)[C@H](C)NC(=O)[C@H]3CCNC3)C(=O)O)c(OC)c2)cc1OC. The molecule has 0 aliphatic carbocycles. The van der Waals surface area contributed by atoms with Crippen molar-refractivity contribution in [2.24, 2.45) is 11.7 Å². The zero-order chi connectivity index (χ0) is 45.4. The summed E-state index contributed by atoms with van der Waals surface area (Å²) in [5.74, 6) is -2.57. The van der Waals surface area contributed by atoms with Gasteiger partial charge in [0.05, 0.1) is 33.7 Å². The summed E-state index contributed by atoms with van der Waals surface area (Å²) in [4.78, 5) is 87.9. The van der Waals surface area contributed by atoms with Gasteiger partial charge in [-0.25, -0.2) is 4.79 Å². The second-order valence-electron chi connectivity index (χ2n) is 14.6. The normalized spacial score (nSPS) is 15.0. The van der Waals surface area contributed by atoms with E-state index < -0.39 is 60.0 Å². The molecule has 3 rings (SSSR count). The summed E-state index contributed by atoms with van der Waals surface area (Å²) < 4.78 is 21.5. The highest BCUT2D eigenvalue weighted by molar-refractivity contribution is 6.11. The molecule has 2 aromatic rings. The summed E-state index contributed by atoms with van der Waals surface area (Å²) in [6, 6.07) is 6.96. The fourth-order valence-corrected chi connectivity index (χ4v) is 6.31. The van der Waals surface area contributed by atoms with Crippen molar-refractivity contribution in [1.29, 1.82) is 0 Å². The molecular weight excluding hydrogens is 805 g/mol. The molecule has 1 heterocycles. The van der Waals surface area contributed by atoms with Crippen molar-refractivity contribution >= 4 is 53.3 Å². The largest absolute Gasteiger partial charge is 0.493 e. The molecule has 338 valence electrons. The van der Waals surface area contributed by atoms with Gasteiger partial charge in [0.15, 0.2) is 41.2 Å². The van der Waals surface area contributed by atoms with Gasteiger partial charge in [-0.3, -0.25) is 28.8 Å². The van der Waals surface area contributed by atoms with Gasteiger partial charge in [0.25, 0.3) is 5.91 Å². The van der Waals surface area contributed by atoms with E-state index in [1.54, 1.807) is 43.3 Å². The van der Waals surface area contributed by atoms with Crippen LogP contribution in [-0.2, 0) is 33.6 Å². The van der Waals surface area contributed by atoms with Crippen LogP contribution in [0.1, 0.15) is 69.4 Å². The van der Waals surface area contributed by atoms with Crippen LogP contribution in [0, 0.1) is 5.92 Å². The van der Waals surface area contributed by atoms with E-state index in [1.165, 1.54) is 45.6 Å². The van der Waals surface area contributed by atoms with Gasteiger partial charge in [-0.2, -0.15) is 0 Å². The van der Waals surface area contributed by atoms with Crippen LogP contribution in [-0.4, -0.2) is 119 Å². The minimum absolute atomic E-state index is 0.0736. The lowest BCUT2D eigenvalue weighted by Crippen LogP contribution is -2.53. The highest BCUT2D eigenvalue weighted by Gasteiger charge is 2.28. The van der Waals surface area contributed by atoms with Gasteiger partial charge in [-0.1, -0.05) is 24.3 Å². The van der Waals surface area contributed by atoms with Gasteiger partial charge in [0.2, 0.25) is 17.7 Å². The van der Waals surface area contributed by atoms with E-state index in [9.17, 15) is 38.7 Å². The first kappa shape index (κ1) is 50.1. The van der Waals surface area contributed by atoms with Crippen molar-refractivity contribution < 1.29 is 57.6 Å². The molecule has 0 radical (unpaired) electrons. The Hall–Kier alpha value is -6.27. The zero-order valence-electron chi connectivity index (χ0n) is 35.8. The van der Waals surface area contributed by atoms with Crippen molar-refractivity contribution in [3.05, 3.63) is 59.7 Å². The molecule has 18 nitrogen and oxygen atoms in total. The van der Waals surface area contributed by atoms with Crippen LogP contribution in [0.4, 0.5) is 0 Å². The first-order chi connectivity index (χ1) is 29.8. The number of benzene rings is 2. The number of nitrogens with one attached hydrogen (secondary N) is 5. The fourth-order valence-electron chi connectivity index (χ4n) is 6.31. The van der Waals surface area contributed by atoms with E-state index in [1.807, 2.05) is 0 Å². The number of carboxylic acids is 1. The smallest absolute Gasteiger partial charge is 0.326 e. The van der Waals surface area contributed by atoms with Gasteiger partial charge in [-0.15, -0.1) is 0 Å². The summed E-state index contributed by atoms with van der Waals surface area (Å²) in [6.07, 6.45) is 8.42. The Morgan fingerprint density at radius 3 is 1.95 bits per heavy atom. The number of nitrogens with two attached hydrogens (primary N) is 1. The van der Waals surface area contributed by atoms with Gasteiger partial charge in [0, 0.05) is 13.1 Å². The summed E-state index contributed by atoms with van der Waals surface area (Å²) in [6.45, 7) is 2.96. The fraction of sp³-hybridized carbons (Fsp3) is 0.477. The number of ether oxygens (including phenoxy) is 4. The zero-order valence-corrected chi connectivity index (χ0v) is 35.8. The molecule has 1 fully saturated rings. The number of aliphatic carboxylic acids is 1. The Kier molecular flexibility index (Phi) is 21.7. The van der Waals surface area contributed by atoms with Crippen LogP contribution in [0.3, 0.4) is 0 Å². The molecule has 4 amide bonds. The minimum Gasteiger partial charge on any atom is -0.493 e. The van der Waals surface area contributed by atoms with E-state index >= 15 is 0 Å². The first-order valence-electron chi connectivity index (χ1n) is 20.5. The Labute approximate surface area is 361 Å². The molecule has 2 aromatic carbocycles. The van der Waals surface area contributed by atoms with Crippen LogP contribution in [0.2, 0.25) is 0 Å². The molecule has 0 spiro atoms. The standard InChI is InChI=1S/C44H60N6O12/c1-28(48-42(55)31-19-22-46-26-31)41(54)50-34(9-5-7-20-45)43(56)47-21-8-6-10-35(44(57)58)49-40(53)27-62-37-18-14-30(24-39(37)61-4)12-16-33(52)25-32(51)15-11-29-13-17-36(59-2)38(23-29)60-3/h11-18,23-24,28,31,34-35,46H,5-10,19-22,25-27,45H2,1-4H3,(H,47,56)(H,48,55)(H,49,53)(H,50,54)(H,57,58)/b15-11+,16-12+/t28-,31-,34-,35-/m0/s1. The Bertz CT molecular complexity index is 1910. The lowest BCUT2D eigenvalue weighted by Gasteiger charge is -2.22. The molecule has 18 heteroatoms. The average molecular weight is 865 g/mol. The quantitative estimate of drug-likeness (QED) is 0.0367. The minimum atomic E-state index is -1.24. The van der Waals surface area contributed by atoms with Gasteiger partial charge in [-0.05, 0) is 113 Å². The van der Waals surface area contributed by atoms with Crippen molar-refractivity contribution in [3.8, 4) is 23.0 Å². The number of unbranched alkanes of at least 4 members (excludes halogenated alkanes) is 2. The number of carbonyl (C=O) groups excluding carboxylic acids is 6. The van der Waals surface area contributed by atoms with Crippen molar-refractivity contribution in [2.45, 2.75) is 76.4 Å². The molecule has 1 saturated heterocycles. The second kappa shape index (κ2) is 26.8. The first-order valence-corrected chi connectivity index (χ1v) is 20.5. The summed E-state index contributed by atoms with van der Waals surface area (Å²) in [7, 11) is 4.42. The third-order valence-electron chi connectivity index (χ3n) is 9.84. The Morgan fingerprint density at radius 1 is 0.774 bits per heavy atom. The number of ketones is 2. The molecule has 1 aliphatic rings. The van der Waals surface area contributed by atoms with E-state index in [0.717, 1.165) is 6.54 Å². The van der Waals surface area contributed by atoms with Crippen LogP contribution in [0.5, 0.6) is 23.0 Å². The van der Waals surface area contributed by atoms with Crippen LogP contribution in [0.25, 0.3) is 12.2 Å². The summed E-state index contributed by atoms with van der Waals surface area (Å²) in [5, 5.41) is 23.5. The maximum Gasteiger partial charge on any atom is 0.326 e. The molecule has 62 heavy (non-hydrogen) atoms. The third kappa shape index (κ3) is 17.4. The predicted molar refractivity (Wildman–Crippen MR) is 231 cm³/mol. The number of hydrogen-bond acceptors (Lipinski definition) is 13. The van der Waals surface area contributed by atoms with Crippen molar-refractivity contribution in [3.63, 3.8) is 0 Å². The molecule has 8 N–H and O–H groups in total. The summed E-state index contributed by atoms with van der Waals surface area (Å²) >= 11 is 0. The maximum atomic E-state index is 13.0. The average Bonchev–Trinajstić information content (AvgIpc) is 3.81. The highest BCUT2D eigenvalue weighted by Crippen LogP contribution is 2.29. The van der Waals surface area contributed by atoms with Gasteiger partial charge >= 0.3 is 5.97 Å². The number of carbonyl (C=O) groups is 7. The molecule has 0 aromatic heterocycles. The number of hydrogen-bond donors (Lipinski definition) is 7. The van der Waals surface area contributed by atoms with Crippen molar-refractivity contribution in [1.82, 2.24) is 26.6 Å². The summed E-state index contributed by atoms with van der Waals surface area (Å²) in [5.41, 5.74) is 6.87. The third-order valence-corrected chi connectivity index (χ3v) is 9.84. The van der Waals surface area contributed by atoms with Gasteiger partial charge < -0.3 is 56.4 Å². The molecule has 0 unspecified atom stereocenters. The van der Waals surface area contributed by atoms with Gasteiger partial charge in [0.1, 0.15) is 18.1 Å². The van der Waals surface area contributed by atoms with Crippen LogP contribution in [0.15, 0.2) is 48.6 Å². The topological polar surface area (TPSA) is 263 Å². The van der Waals surface area contributed by atoms with E-state index in [0.29, 0.717) is 74.2 Å². The molecule has 0 saturated carbocycles. The second-order valence-corrected chi connectivity index (χ2v) is 14.6. The predicted octanol–water partition coefficient (Wildman–Crippen LogP) is 1.93. The number of carboxylic acid groups (broad SMARTS) is 1. The number of amides is 4. The Morgan fingerprint density at radius 2 is 1.37 bits per heavy atom. The monoisotopic (exact) mass is 864 g/mol.